The summed E-state index contributed by atoms with van der Waals surface area (Å²) in [5.74, 6) is 0.325. The molecule has 8 nitrogen and oxygen atoms in total. The first-order valence-electron chi connectivity index (χ1n) is 10.9. The molecule has 2 saturated carbocycles. The number of nitrogens with zero attached hydrogens (tertiary/aromatic N) is 4. The number of fused-ring (bicyclic) bond motifs is 1. The number of aryl methyl sites for hydroxylation is 2. The van der Waals surface area contributed by atoms with E-state index in [1.54, 1.807) is 35.7 Å². The smallest absolute Gasteiger partial charge is 0.274 e. The molecule has 0 saturated heterocycles. The zero-order valence-electron chi connectivity index (χ0n) is 18.4. The monoisotopic (exact) mass is 472 g/mol. The number of rotatable bonds is 4. The van der Waals surface area contributed by atoms with Crippen molar-refractivity contribution in [3.63, 3.8) is 0 Å². The molecule has 2 aliphatic rings. The summed E-state index contributed by atoms with van der Waals surface area (Å²) < 4.78 is 16.8. The van der Waals surface area contributed by atoms with Gasteiger partial charge in [0.15, 0.2) is 0 Å². The first kappa shape index (κ1) is 21.9. The molecule has 33 heavy (non-hydrogen) atoms. The Hall–Kier alpha value is -2.91. The lowest BCUT2D eigenvalue weighted by atomic mass is 9.90. The number of hydrogen-bond acceptors (Lipinski definition) is 5. The van der Waals surface area contributed by atoms with E-state index < -0.39 is 11.4 Å². The van der Waals surface area contributed by atoms with Crippen LogP contribution in [0.3, 0.4) is 0 Å². The number of aromatic nitrogens is 4. The summed E-state index contributed by atoms with van der Waals surface area (Å²) in [4.78, 5) is 17.6. The third-order valence-corrected chi connectivity index (χ3v) is 7.45. The number of nitrogens with two attached hydrogens (primary N) is 1. The van der Waals surface area contributed by atoms with Crippen molar-refractivity contribution in [3.8, 4) is 0 Å². The van der Waals surface area contributed by atoms with Gasteiger partial charge in [-0.25, -0.2) is 9.37 Å². The molecule has 1 amide bonds. The molecule has 5 rings (SSSR count). The molecule has 2 atom stereocenters. The number of amides is 1. The second kappa shape index (κ2) is 7.85. The lowest BCUT2D eigenvalue weighted by Crippen LogP contribution is -2.26. The number of hydrogen-bond donors (Lipinski definition) is 3. The van der Waals surface area contributed by atoms with Crippen molar-refractivity contribution in [2.45, 2.75) is 37.2 Å². The number of nitrogen functional groups attached to an aromatic ring is 1. The Kier molecular flexibility index (Phi) is 5.21. The number of aliphatic hydroxyl groups is 1. The summed E-state index contributed by atoms with van der Waals surface area (Å²) in [5.41, 5.74) is 7.29. The van der Waals surface area contributed by atoms with E-state index in [0.717, 1.165) is 24.2 Å². The van der Waals surface area contributed by atoms with Crippen LogP contribution in [0.4, 0.5) is 15.9 Å². The highest BCUT2D eigenvalue weighted by molar-refractivity contribution is 6.31. The van der Waals surface area contributed by atoms with Crippen molar-refractivity contribution in [2.24, 2.45) is 25.9 Å². The van der Waals surface area contributed by atoms with E-state index in [0.29, 0.717) is 41.9 Å². The molecular formula is C23H26ClFN6O2. The van der Waals surface area contributed by atoms with E-state index in [1.807, 2.05) is 0 Å². The number of nitrogens with one attached hydrogen (secondary N) is 1. The predicted molar refractivity (Wildman–Crippen MR) is 122 cm³/mol. The van der Waals surface area contributed by atoms with Gasteiger partial charge >= 0.3 is 0 Å². The highest BCUT2D eigenvalue weighted by Crippen LogP contribution is 2.56. The summed E-state index contributed by atoms with van der Waals surface area (Å²) in [5, 5.41) is 18.3. The topological polar surface area (TPSA) is 111 Å². The van der Waals surface area contributed by atoms with Gasteiger partial charge in [0.1, 0.15) is 22.9 Å². The second-order valence-electron chi connectivity index (χ2n) is 9.38. The van der Waals surface area contributed by atoms with Crippen LogP contribution < -0.4 is 11.1 Å². The fraction of sp³-hybridized carbons (Fsp3) is 0.435. The molecule has 0 radical (unpaired) electrons. The van der Waals surface area contributed by atoms with Gasteiger partial charge in [-0.15, -0.1) is 0 Å². The average Bonchev–Trinajstić information content (AvgIpc) is 3.46. The minimum Gasteiger partial charge on any atom is -0.384 e. The maximum atomic E-state index is 13.5. The van der Waals surface area contributed by atoms with Crippen LogP contribution in [0.2, 0.25) is 5.02 Å². The Morgan fingerprint density at radius 1 is 1.27 bits per heavy atom. The number of carbonyl (C=O) groups excluding carboxylic acids is 1. The fourth-order valence-corrected chi connectivity index (χ4v) is 5.99. The first-order valence-corrected chi connectivity index (χ1v) is 11.3. The van der Waals surface area contributed by atoms with Crippen LogP contribution in [0, 0.1) is 17.7 Å². The molecule has 2 heterocycles. The normalized spacial score (nSPS) is 26.5. The molecule has 2 fully saturated rings. The summed E-state index contributed by atoms with van der Waals surface area (Å²) >= 11 is 5.84. The summed E-state index contributed by atoms with van der Waals surface area (Å²) in [7, 11) is 3.58. The lowest BCUT2D eigenvalue weighted by molar-refractivity contribution is 0.0263. The number of halogens is 2. The lowest BCUT2D eigenvalue weighted by Gasteiger charge is -2.24. The molecule has 4 N–H and O–H groups in total. The number of benzene rings is 1. The van der Waals surface area contributed by atoms with Crippen LogP contribution in [0.5, 0.6) is 0 Å². The molecule has 0 aliphatic heterocycles. The fourth-order valence-electron chi connectivity index (χ4n) is 5.81. The van der Waals surface area contributed by atoms with Crippen molar-refractivity contribution in [1.29, 1.82) is 0 Å². The number of carbonyl (C=O) groups is 1. The maximum Gasteiger partial charge on any atom is 0.274 e. The average molecular weight is 473 g/mol. The van der Waals surface area contributed by atoms with Crippen LogP contribution in [0.25, 0.3) is 0 Å². The highest BCUT2D eigenvalue weighted by Gasteiger charge is 2.51. The zero-order chi connectivity index (χ0) is 23.5. The molecule has 10 heteroatoms. The van der Waals surface area contributed by atoms with Gasteiger partial charge < -0.3 is 20.7 Å². The summed E-state index contributed by atoms with van der Waals surface area (Å²) in [6, 6.07) is 5.83. The maximum absolute atomic E-state index is 13.5. The number of anilines is 2. The molecule has 3 aromatic rings. The number of imidazole rings is 1. The van der Waals surface area contributed by atoms with Crippen molar-refractivity contribution in [2.75, 3.05) is 11.1 Å². The van der Waals surface area contributed by atoms with Crippen LogP contribution in [0.1, 0.15) is 53.5 Å². The predicted octanol–water partition coefficient (Wildman–Crippen LogP) is 3.57. The van der Waals surface area contributed by atoms with E-state index in [2.05, 4.69) is 15.4 Å². The molecule has 1 aromatic carbocycles. The summed E-state index contributed by atoms with van der Waals surface area (Å²) in [6.45, 7) is 0. The second-order valence-corrected chi connectivity index (χ2v) is 9.79. The largest absolute Gasteiger partial charge is 0.384 e. The molecule has 0 bridgehead atoms. The Morgan fingerprint density at radius 3 is 2.58 bits per heavy atom. The quantitative estimate of drug-likeness (QED) is 0.537. The SMILES string of the molecule is Cn1cnc(C2CC3CC(O)(c4cc(N)nn4C)CC3C2)c1C(=O)Nc1ccc(F)c(Cl)c1. The van der Waals surface area contributed by atoms with Gasteiger partial charge in [0.05, 0.1) is 22.7 Å². The standard InChI is InChI=1S/C23H26ClFN6O2/c1-30-11-27-20(21(30)22(32)28-15-3-4-17(25)16(24)7-15)12-5-13-9-23(33,10-14(13)6-12)18-8-19(26)29-31(18)2/h3-4,7-8,11-14,33H,5-6,9-10H2,1-2H3,(H2,26,29)(H,28,32). The van der Waals surface area contributed by atoms with Crippen LogP contribution in [-0.2, 0) is 19.7 Å². The van der Waals surface area contributed by atoms with Crippen LogP contribution in [0.15, 0.2) is 30.6 Å². The van der Waals surface area contributed by atoms with Crippen molar-refractivity contribution < 1.29 is 14.3 Å². The van der Waals surface area contributed by atoms with Crippen molar-refractivity contribution in [3.05, 3.63) is 58.5 Å². The molecular weight excluding hydrogens is 447 g/mol. The molecule has 0 spiro atoms. The third-order valence-electron chi connectivity index (χ3n) is 7.16. The molecule has 2 unspecified atom stereocenters. The van der Waals surface area contributed by atoms with E-state index in [-0.39, 0.29) is 16.8 Å². The van der Waals surface area contributed by atoms with Gasteiger partial charge in [-0.05, 0) is 55.7 Å². The minimum absolute atomic E-state index is 0.0516. The van der Waals surface area contributed by atoms with Gasteiger partial charge in [-0.2, -0.15) is 5.10 Å². The van der Waals surface area contributed by atoms with E-state index in [9.17, 15) is 14.3 Å². The first-order chi connectivity index (χ1) is 15.6. The Balaban J connectivity index is 1.33. The Bertz CT molecular complexity index is 1220. The highest BCUT2D eigenvalue weighted by atomic mass is 35.5. The molecule has 2 aliphatic carbocycles. The van der Waals surface area contributed by atoms with Gasteiger partial charge in [0.2, 0.25) is 0 Å². The van der Waals surface area contributed by atoms with E-state index in [1.165, 1.54) is 18.2 Å². The van der Waals surface area contributed by atoms with Gasteiger partial charge in [-0.1, -0.05) is 11.6 Å². The molecule has 2 aromatic heterocycles. The Labute approximate surface area is 195 Å². The van der Waals surface area contributed by atoms with Crippen LogP contribution in [-0.4, -0.2) is 30.3 Å². The van der Waals surface area contributed by atoms with Gasteiger partial charge in [0.25, 0.3) is 5.91 Å². The van der Waals surface area contributed by atoms with Crippen molar-refractivity contribution >= 4 is 29.0 Å². The van der Waals surface area contributed by atoms with Gasteiger partial charge in [0, 0.05) is 31.8 Å². The third kappa shape index (κ3) is 3.79. The van der Waals surface area contributed by atoms with E-state index >= 15 is 0 Å². The van der Waals surface area contributed by atoms with E-state index in [4.69, 9.17) is 17.3 Å². The summed E-state index contributed by atoms with van der Waals surface area (Å²) in [6.07, 6.45) is 4.61. The minimum atomic E-state index is -0.939. The van der Waals surface area contributed by atoms with Crippen LogP contribution >= 0.6 is 11.6 Å². The zero-order valence-corrected chi connectivity index (χ0v) is 19.2. The van der Waals surface area contributed by atoms with Gasteiger partial charge in [-0.3, -0.25) is 9.48 Å². The van der Waals surface area contributed by atoms with Crippen molar-refractivity contribution in [1.82, 2.24) is 19.3 Å². The molecule has 174 valence electrons. The Morgan fingerprint density at radius 2 is 1.97 bits per heavy atom.